The Labute approximate surface area is 150 Å². The number of hydrogen-bond donors (Lipinski definition) is 2. The third-order valence-corrected chi connectivity index (χ3v) is 4.52. The summed E-state index contributed by atoms with van der Waals surface area (Å²) < 4.78 is 5.06. The van der Waals surface area contributed by atoms with Gasteiger partial charge in [-0.3, -0.25) is 10.1 Å². The molecule has 0 aliphatic carbocycles. The number of hydrogen-bond acceptors (Lipinski definition) is 5. The molecule has 2 rings (SSSR count). The second-order valence-corrected chi connectivity index (χ2v) is 6.35. The number of thiophene rings is 1. The normalized spacial score (nSPS) is 10.1. The van der Waals surface area contributed by atoms with Crippen LogP contribution in [0.25, 0.3) is 0 Å². The van der Waals surface area contributed by atoms with Crippen molar-refractivity contribution < 1.29 is 14.3 Å². The van der Waals surface area contributed by atoms with E-state index in [1.54, 1.807) is 37.3 Å². The summed E-state index contributed by atoms with van der Waals surface area (Å²) in [5.74, 6) is -0.716. The van der Waals surface area contributed by atoms with Crippen LogP contribution in [0.15, 0.2) is 36.4 Å². The Morgan fingerprint density at radius 3 is 2.54 bits per heavy atom. The van der Waals surface area contributed by atoms with Crippen molar-refractivity contribution in [2.45, 2.75) is 20.3 Å². The highest BCUT2D eigenvalue weighted by Crippen LogP contribution is 2.29. The smallest absolute Gasteiger partial charge is 0.341 e. The van der Waals surface area contributed by atoms with E-state index in [1.807, 2.05) is 13.0 Å². The molecule has 2 aromatic rings. The molecular weight excluding hydrogens is 344 g/mol. The lowest BCUT2D eigenvalue weighted by Crippen LogP contribution is -2.34. The molecule has 126 valence electrons. The third kappa shape index (κ3) is 4.62. The Kier molecular flexibility index (Phi) is 6.45. The van der Waals surface area contributed by atoms with Gasteiger partial charge < -0.3 is 10.1 Å². The molecule has 0 fully saturated rings. The van der Waals surface area contributed by atoms with Gasteiger partial charge in [0, 0.05) is 10.4 Å². The Bertz CT molecular complexity index is 742. The van der Waals surface area contributed by atoms with Gasteiger partial charge in [-0.1, -0.05) is 25.1 Å². The molecule has 0 aliphatic rings. The summed E-state index contributed by atoms with van der Waals surface area (Å²) in [6, 6.07) is 10.6. The lowest BCUT2D eigenvalue weighted by Gasteiger charge is -2.09. The Morgan fingerprint density at radius 2 is 1.92 bits per heavy atom. The zero-order valence-electron chi connectivity index (χ0n) is 13.4. The van der Waals surface area contributed by atoms with E-state index >= 15 is 0 Å². The summed E-state index contributed by atoms with van der Waals surface area (Å²) in [6.45, 7) is 4.05. The summed E-state index contributed by atoms with van der Waals surface area (Å²) in [7, 11) is 0. The predicted molar refractivity (Wildman–Crippen MR) is 99.8 cm³/mol. The van der Waals surface area contributed by atoms with Gasteiger partial charge in [0.2, 0.25) is 0 Å². The molecule has 0 radical (unpaired) electrons. The maximum atomic E-state index is 12.1. The zero-order valence-corrected chi connectivity index (χ0v) is 15.1. The van der Waals surface area contributed by atoms with Gasteiger partial charge in [-0.15, -0.1) is 11.3 Å². The van der Waals surface area contributed by atoms with Gasteiger partial charge in [-0.05, 0) is 43.8 Å². The average molecular weight is 362 g/mol. The molecule has 0 atom stereocenters. The first-order valence-electron chi connectivity index (χ1n) is 7.52. The second-order valence-electron chi connectivity index (χ2n) is 4.80. The third-order valence-electron chi connectivity index (χ3n) is 3.12. The maximum Gasteiger partial charge on any atom is 0.341 e. The van der Waals surface area contributed by atoms with Crippen LogP contribution >= 0.6 is 23.6 Å². The molecule has 2 N–H and O–H groups in total. The van der Waals surface area contributed by atoms with Crippen LogP contribution in [0.5, 0.6) is 0 Å². The van der Waals surface area contributed by atoms with Crippen molar-refractivity contribution in [2.75, 3.05) is 11.9 Å². The summed E-state index contributed by atoms with van der Waals surface area (Å²) in [5, 5.41) is 6.24. The van der Waals surface area contributed by atoms with Gasteiger partial charge >= 0.3 is 5.97 Å². The number of anilines is 1. The van der Waals surface area contributed by atoms with Gasteiger partial charge in [0.25, 0.3) is 5.91 Å². The van der Waals surface area contributed by atoms with Crippen LogP contribution in [-0.2, 0) is 11.2 Å². The molecule has 0 spiro atoms. The molecule has 0 bridgehead atoms. The number of benzene rings is 1. The van der Waals surface area contributed by atoms with E-state index in [0.717, 1.165) is 11.3 Å². The van der Waals surface area contributed by atoms with Crippen LogP contribution in [0.4, 0.5) is 5.00 Å². The number of aryl methyl sites for hydroxylation is 1. The highest BCUT2D eigenvalue weighted by atomic mass is 32.1. The SMILES string of the molecule is CCOC(=O)c1cc(CC)sc1NC(=S)NC(=O)c1ccccc1. The van der Waals surface area contributed by atoms with E-state index in [9.17, 15) is 9.59 Å². The first-order chi connectivity index (χ1) is 11.5. The molecule has 0 unspecified atom stereocenters. The lowest BCUT2D eigenvalue weighted by atomic mass is 10.2. The zero-order chi connectivity index (χ0) is 17.5. The topological polar surface area (TPSA) is 67.4 Å². The summed E-state index contributed by atoms with van der Waals surface area (Å²) >= 11 is 6.59. The molecule has 5 nitrogen and oxygen atoms in total. The van der Waals surface area contributed by atoms with E-state index in [-0.39, 0.29) is 11.0 Å². The van der Waals surface area contributed by atoms with Crippen LogP contribution in [-0.4, -0.2) is 23.6 Å². The second kappa shape index (κ2) is 8.56. The number of ether oxygens (including phenoxy) is 1. The number of thiocarbonyl (C=S) groups is 1. The fourth-order valence-corrected chi connectivity index (χ4v) is 3.22. The van der Waals surface area contributed by atoms with E-state index in [4.69, 9.17) is 17.0 Å². The van der Waals surface area contributed by atoms with Crippen molar-refractivity contribution >= 4 is 45.5 Å². The molecule has 24 heavy (non-hydrogen) atoms. The highest BCUT2D eigenvalue weighted by Gasteiger charge is 2.18. The van der Waals surface area contributed by atoms with E-state index in [1.165, 1.54) is 11.3 Å². The van der Waals surface area contributed by atoms with E-state index < -0.39 is 5.97 Å². The van der Waals surface area contributed by atoms with Crippen LogP contribution in [0.3, 0.4) is 0 Å². The van der Waals surface area contributed by atoms with Gasteiger partial charge in [0.15, 0.2) is 5.11 Å². The number of carbonyl (C=O) groups is 2. The number of amides is 1. The summed E-state index contributed by atoms with van der Waals surface area (Å²) in [4.78, 5) is 25.2. The molecule has 7 heteroatoms. The fourth-order valence-electron chi connectivity index (χ4n) is 1.97. The van der Waals surface area contributed by atoms with Gasteiger partial charge in [0.05, 0.1) is 12.2 Å². The summed E-state index contributed by atoms with van der Waals surface area (Å²) in [6.07, 6.45) is 0.794. The van der Waals surface area contributed by atoms with Crippen molar-refractivity contribution in [1.29, 1.82) is 0 Å². The van der Waals surface area contributed by atoms with Gasteiger partial charge in [-0.25, -0.2) is 4.79 Å². The molecule has 0 aliphatic heterocycles. The lowest BCUT2D eigenvalue weighted by molar-refractivity contribution is 0.0528. The number of esters is 1. The standard InChI is InChI=1S/C17H18N2O3S2/c1-3-12-10-13(16(21)22-4-2)15(24-12)19-17(23)18-14(20)11-8-6-5-7-9-11/h5-10H,3-4H2,1-2H3,(H2,18,19,20,23). The molecule has 1 aromatic heterocycles. The van der Waals surface area contributed by atoms with Crippen molar-refractivity contribution in [3.63, 3.8) is 0 Å². The van der Waals surface area contributed by atoms with Crippen molar-refractivity contribution in [1.82, 2.24) is 5.32 Å². The minimum Gasteiger partial charge on any atom is -0.462 e. The van der Waals surface area contributed by atoms with Gasteiger partial charge in [-0.2, -0.15) is 0 Å². The van der Waals surface area contributed by atoms with Crippen molar-refractivity contribution in [2.24, 2.45) is 0 Å². The Morgan fingerprint density at radius 1 is 1.21 bits per heavy atom. The van der Waals surface area contributed by atoms with Crippen LogP contribution < -0.4 is 10.6 Å². The molecule has 0 saturated carbocycles. The number of nitrogens with one attached hydrogen (secondary N) is 2. The first-order valence-corrected chi connectivity index (χ1v) is 8.74. The molecule has 1 aromatic carbocycles. The van der Waals surface area contributed by atoms with Gasteiger partial charge in [0.1, 0.15) is 5.00 Å². The van der Waals surface area contributed by atoms with Crippen LogP contribution in [0.2, 0.25) is 0 Å². The molecule has 1 heterocycles. The Balaban J connectivity index is 2.09. The van der Waals surface area contributed by atoms with Crippen LogP contribution in [0.1, 0.15) is 39.4 Å². The molecular formula is C17H18N2O3S2. The highest BCUT2D eigenvalue weighted by molar-refractivity contribution is 7.80. The van der Waals surface area contributed by atoms with Crippen LogP contribution in [0, 0.1) is 0 Å². The molecule has 0 saturated heterocycles. The Hall–Kier alpha value is -2.25. The minimum atomic E-state index is -0.409. The monoisotopic (exact) mass is 362 g/mol. The van der Waals surface area contributed by atoms with Crippen molar-refractivity contribution in [3.05, 3.63) is 52.4 Å². The van der Waals surface area contributed by atoms with E-state index in [2.05, 4.69) is 10.6 Å². The quantitative estimate of drug-likeness (QED) is 0.628. The minimum absolute atomic E-state index is 0.138. The number of rotatable bonds is 5. The van der Waals surface area contributed by atoms with E-state index in [0.29, 0.717) is 22.7 Å². The molecule has 1 amide bonds. The number of carbonyl (C=O) groups excluding carboxylic acids is 2. The first kappa shape index (κ1) is 18.1. The summed E-state index contributed by atoms with van der Waals surface area (Å²) in [5.41, 5.74) is 0.933. The maximum absolute atomic E-state index is 12.1. The average Bonchev–Trinajstić information content (AvgIpc) is 2.98. The fraction of sp³-hybridized carbons (Fsp3) is 0.235. The largest absolute Gasteiger partial charge is 0.462 e. The van der Waals surface area contributed by atoms with Crippen molar-refractivity contribution in [3.8, 4) is 0 Å². The predicted octanol–water partition coefficient (Wildman–Crippen LogP) is 3.61.